The number of piperidine rings is 1. The molecule has 7 heteroatoms. The van der Waals surface area contributed by atoms with Crippen LogP contribution in [0.25, 0.3) is 16.9 Å². The number of nitrogens with zero attached hydrogens (tertiary/aromatic N) is 4. The van der Waals surface area contributed by atoms with Gasteiger partial charge in [-0.1, -0.05) is 34.5 Å². The summed E-state index contributed by atoms with van der Waals surface area (Å²) in [5.74, 6) is 0.523. The van der Waals surface area contributed by atoms with Crippen molar-refractivity contribution in [3.05, 3.63) is 46.6 Å². The highest BCUT2D eigenvalue weighted by Gasteiger charge is 2.24. The maximum absolute atomic E-state index is 13.3. The molecule has 0 amide bonds. The normalized spacial score (nSPS) is 15.1. The highest BCUT2D eigenvalue weighted by Crippen LogP contribution is 2.27. The molecule has 1 aromatic carbocycles. The summed E-state index contributed by atoms with van der Waals surface area (Å²) >= 11 is 3.46. The molecule has 0 bridgehead atoms. The summed E-state index contributed by atoms with van der Waals surface area (Å²) in [6.45, 7) is 4.75. The molecule has 28 heavy (non-hydrogen) atoms. The van der Waals surface area contributed by atoms with Gasteiger partial charge in [-0.05, 0) is 51.1 Å². The molecule has 1 aliphatic heterocycles. The molecule has 146 valence electrons. The number of aromatic nitrogens is 3. The van der Waals surface area contributed by atoms with Crippen LogP contribution in [0.1, 0.15) is 36.7 Å². The van der Waals surface area contributed by atoms with Gasteiger partial charge in [-0.3, -0.25) is 9.69 Å². The Balaban J connectivity index is 1.79. The van der Waals surface area contributed by atoms with Crippen molar-refractivity contribution < 1.29 is 9.53 Å². The van der Waals surface area contributed by atoms with Gasteiger partial charge >= 0.3 is 0 Å². The minimum atomic E-state index is 0.0356. The molecule has 4 rings (SSSR count). The third-order valence-corrected chi connectivity index (χ3v) is 5.47. The average Bonchev–Trinajstić information content (AvgIpc) is 3.08. The predicted octanol–water partition coefficient (Wildman–Crippen LogP) is 4.23. The van der Waals surface area contributed by atoms with Crippen LogP contribution in [0, 0.1) is 0 Å². The van der Waals surface area contributed by atoms with E-state index in [1.54, 1.807) is 10.6 Å². The minimum Gasteiger partial charge on any atom is -0.477 e. The number of hydrogen-bond acceptors (Lipinski definition) is 5. The molecule has 1 fully saturated rings. The molecule has 0 spiro atoms. The van der Waals surface area contributed by atoms with Crippen molar-refractivity contribution >= 4 is 27.4 Å². The molecule has 0 aliphatic carbocycles. The molecule has 0 N–H and O–H groups in total. The number of imidazole rings is 1. The quantitative estimate of drug-likeness (QED) is 0.534. The van der Waals surface area contributed by atoms with Crippen molar-refractivity contribution in [2.75, 3.05) is 26.2 Å². The topological polar surface area (TPSA) is 59.7 Å². The first-order valence-electron chi connectivity index (χ1n) is 9.70. The molecule has 0 atom stereocenters. The van der Waals surface area contributed by atoms with Crippen LogP contribution >= 0.6 is 15.9 Å². The Hall–Kier alpha value is -2.25. The number of carbonyl (C=O) groups is 1. The number of fused-ring (bicyclic) bond motifs is 1. The Bertz CT molecular complexity index is 978. The van der Waals surface area contributed by atoms with E-state index in [0.717, 1.165) is 36.0 Å². The number of halogens is 1. The molecule has 1 aliphatic rings. The van der Waals surface area contributed by atoms with Crippen molar-refractivity contribution in [2.24, 2.45) is 0 Å². The summed E-state index contributed by atoms with van der Waals surface area (Å²) in [4.78, 5) is 20.3. The fourth-order valence-corrected chi connectivity index (χ4v) is 3.86. The van der Waals surface area contributed by atoms with E-state index in [0.29, 0.717) is 36.1 Å². The maximum atomic E-state index is 13.3. The van der Waals surface area contributed by atoms with E-state index in [1.165, 1.54) is 6.42 Å². The highest BCUT2D eigenvalue weighted by molar-refractivity contribution is 9.10. The average molecular weight is 443 g/mol. The van der Waals surface area contributed by atoms with Gasteiger partial charge in [0, 0.05) is 16.1 Å². The number of rotatable bonds is 6. The molecule has 3 heterocycles. The van der Waals surface area contributed by atoms with E-state index in [2.05, 4.69) is 25.9 Å². The van der Waals surface area contributed by atoms with E-state index in [-0.39, 0.29) is 5.78 Å². The third kappa shape index (κ3) is 3.95. The Labute approximate surface area is 172 Å². The fourth-order valence-electron chi connectivity index (χ4n) is 3.60. The van der Waals surface area contributed by atoms with Crippen molar-refractivity contribution in [1.29, 1.82) is 0 Å². The van der Waals surface area contributed by atoms with Gasteiger partial charge in [-0.25, -0.2) is 9.50 Å². The van der Waals surface area contributed by atoms with E-state index < -0.39 is 0 Å². The second-order valence-corrected chi connectivity index (χ2v) is 7.87. The molecule has 0 unspecified atom stereocenters. The first-order chi connectivity index (χ1) is 13.7. The SMILES string of the molecule is CCOc1ccc2nc(-c3ccc(Br)cc3)c(C(=O)CN3CCCCC3)n2n1. The zero-order valence-electron chi connectivity index (χ0n) is 15.9. The Morgan fingerprint density at radius 1 is 1.11 bits per heavy atom. The smallest absolute Gasteiger partial charge is 0.231 e. The summed E-state index contributed by atoms with van der Waals surface area (Å²) in [5.41, 5.74) is 2.72. The van der Waals surface area contributed by atoms with E-state index >= 15 is 0 Å². The largest absolute Gasteiger partial charge is 0.477 e. The Morgan fingerprint density at radius 3 is 2.57 bits per heavy atom. The van der Waals surface area contributed by atoms with Crippen molar-refractivity contribution in [3.8, 4) is 17.1 Å². The monoisotopic (exact) mass is 442 g/mol. The van der Waals surface area contributed by atoms with Crippen LogP contribution in [0.2, 0.25) is 0 Å². The second-order valence-electron chi connectivity index (χ2n) is 6.95. The molecular formula is C21H23BrN4O2. The molecule has 6 nitrogen and oxygen atoms in total. The molecule has 0 saturated carbocycles. The number of likely N-dealkylation sites (tertiary alicyclic amines) is 1. The van der Waals surface area contributed by atoms with Gasteiger partial charge in [0.15, 0.2) is 11.4 Å². The number of carbonyl (C=O) groups excluding carboxylic acids is 1. The van der Waals surface area contributed by atoms with Crippen LogP contribution in [0.15, 0.2) is 40.9 Å². The number of Topliss-reactive ketones (excluding diaryl/α,β-unsaturated/α-hetero) is 1. The van der Waals surface area contributed by atoms with Crippen LogP contribution in [0.3, 0.4) is 0 Å². The van der Waals surface area contributed by atoms with E-state index in [4.69, 9.17) is 9.72 Å². The number of ketones is 1. The van der Waals surface area contributed by atoms with Crippen LogP contribution < -0.4 is 4.74 Å². The lowest BCUT2D eigenvalue weighted by molar-refractivity contribution is 0.0909. The van der Waals surface area contributed by atoms with Crippen LogP contribution in [-0.4, -0.2) is 51.5 Å². The Kier molecular flexibility index (Phi) is 5.73. The van der Waals surface area contributed by atoms with Crippen molar-refractivity contribution in [1.82, 2.24) is 19.5 Å². The second kappa shape index (κ2) is 8.41. The van der Waals surface area contributed by atoms with Crippen LogP contribution in [0.5, 0.6) is 5.88 Å². The lowest BCUT2D eigenvalue weighted by Gasteiger charge is -2.25. The zero-order valence-corrected chi connectivity index (χ0v) is 17.5. The van der Waals surface area contributed by atoms with Gasteiger partial charge in [-0.2, -0.15) is 0 Å². The summed E-state index contributed by atoms with van der Waals surface area (Å²) < 4.78 is 8.16. The lowest BCUT2D eigenvalue weighted by Crippen LogP contribution is -2.35. The number of ether oxygens (including phenoxy) is 1. The summed E-state index contributed by atoms with van der Waals surface area (Å²) in [7, 11) is 0. The summed E-state index contributed by atoms with van der Waals surface area (Å²) in [6, 6.07) is 11.5. The molecular weight excluding hydrogens is 420 g/mol. The molecule has 0 radical (unpaired) electrons. The van der Waals surface area contributed by atoms with Gasteiger partial charge in [0.1, 0.15) is 11.4 Å². The lowest BCUT2D eigenvalue weighted by atomic mass is 10.1. The van der Waals surface area contributed by atoms with E-state index in [9.17, 15) is 4.79 Å². The van der Waals surface area contributed by atoms with Gasteiger partial charge in [-0.15, -0.1) is 5.10 Å². The van der Waals surface area contributed by atoms with Crippen LogP contribution in [0.4, 0.5) is 0 Å². The summed E-state index contributed by atoms with van der Waals surface area (Å²) in [5, 5.41) is 4.53. The molecule has 2 aromatic heterocycles. The van der Waals surface area contributed by atoms with Gasteiger partial charge in [0.05, 0.1) is 13.2 Å². The van der Waals surface area contributed by atoms with Crippen molar-refractivity contribution in [3.63, 3.8) is 0 Å². The first kappa shape index (κ1) is 19.1. The Morgan fingerprint density at radius 2 is 1.86 bits per heavy atom. The zero-order chi connectivity index (χ0) is 19.5. The molecule has 1 saturated heterocycles. The first-order valence-corrected chi connectivity index (χ1v) is 10.5. The predicted molar refractivity (Wildman–Crippen MR) is 112 cm³/mol. The van der Waals surface area contributed by atoms with Gasteiger partial charge in [0.25, 0.3) is 0 Å². The van der Waals surface area contributed by atoms with Gasteiger partial charge in [0.2, 0.25) is 5.88 Å². The number of hydrogen-bond donors (Lipinski definition) is 0. The highest BCUT2D eigenvalue weighted by atomic mass is 79.9. The minimum absolute atomic E-state index is 0.0356. The maximum Gasteiger partial charge on any atom is 0.231 e. The fraction of sp³-hybridized carbons (Fsp3) is 0.381. The molecule has 3 aromatic rings. The number of benzene rings is 1. The van der Waals surface area contributed by atoms with Crippen molar-refractivity contribution in [2.45, 2.75) is 26.2 Å². The summed E-state index contributed by atoms with van der Waals surface area (Å²) in [6.07, 6.45) is 3.53. The van der Waals surface area contributed by atoms with E-state index in [1.807, 2.05) is 37.3 Å². The third-order valence-electron chi connectivity index (χ3n) is 4.94. The van der Waals surface area contributed by atoms with Crippen LogP contribution in [-0.2, 0) is 0 Å². The standard InChI is InChI=1S/C21H23BrN4O2/c1-2-28-19-11-10-18-23-20(15-6-8-16(22)9-7-15)21(26(18)24-19)17(27)14-25-12-4-3-5-13-25/h6-11H,2-5,12-14H2,1H3. The van der Waals surface area contributed by atoms with Gasteiger partial charge < -0.3 is 4.74 Å².